The van der Waals surface area contributed by atoms with Gasteiger partial charge in [0.2, 0.25) is 0 Å². The highest BCUT2D eigenvalue weighted by molar-refractivity contribution is 4.85. The van der Waals surface area contributed by atoms with E-state index in [1.807, 2.05) is 27.7 Å². The zero-order valence-electron chi connectivity index (χ0n) is 9.82. The number of alkyl halides is 1. The molecule has 0 amide bonds. The van der Waals surface area contributed by atoms with E-state index in [1.165, 1.54) is 0 Å². The van der Waals surface area contributed by atoms with Crippen LogP contribution in [0, 0.1) is 0 Å². The quantitative estimate of drug-likeness (QED) is 0.657. The average Bonchev–Trinajstić information content (AvgIpc) is 2.18. The predicted molar refractivity (Wildman–Crippen MR) is 56.9 cm³/mol. The summed E-state index contributed by atoms with van der Waals surface area (Å²) in [7, 11) is 0. The molecule has 0 saturated carbocycles. The maximum Gasteiger partial charge on any atom is 0.157 e. The molecule has 1 rings (SSSR count). The van der Waals surface area contributed by atoms with Crippen LogP contribution in [0.5, 0.6) is 0 Å². The van der Waals surface area contributed by atoms with Crippen molar-refractivity contribution < 1.29 is 9.13 Å². The summed E-state index contributed by atoms with van der Waals surface area (Å²) in [5.41, 5.74) is -0.948. The molecule has 0 atom stereocenters. The largest absolute Gasteiger partial charge is 0.375 e. The molecule has 1 saturated heterocycles. The lowest BCUT2D eigenvalue weighted by atomic mass is 9.97. The van der Waals surface area contributed by atoms with Crippen LogP contribution < -0.4 is 0 Å². The molecule has 1 fully saturated rings. The molecule has 0 aromatic rings. The van der Waals surface area contributed by atoms with Crippen LogP contribution in [0.3, 0.4) is 0 Å². The van der Waals surface area contributed by atoms with Gasteiger partial charge in [0, 0.05) is 0 Å². The Morgan fingerprint density at radius 3 is 1.85 bits per heavy atom. The van der Waals surface area contributed by atoms with Gasteiger partial charge in [0.25, 0.3) is 0 Å². The zero-order chi connectivity index (χ0) is 10.7. The van der Waals surface area contributed by atoms with Crippen molar-refractivity contribution in [2.45, 2.75) is 59.5 Å². The SMILES string of the molecule is CC.CC.CCCCC1(F)COC1. The van der Waals surface area contributed by atoms with E-state index in [0.717, 1.165) is 12.8 Å². The molecular formula is C11H25FO. The Balaban J connectivity index is 0. The molecule has 0 bridgehead atoms. The first-order chi connectivity index (χ1) is 6.27. The van der Waals surface area contributed by atoms with Crippen molar-refractivity contribution in [3.05, 3.63) is 0 Å². The second-order valence-corrected chi connectivity index (χ2v) is 2.75. The Bertz CT molecular complexity index is 90.1. The van der Waals surface area contributed by atoms with Gasteiger partial charge in [-0.1, -0.05) is 47.5 Å². The molecule has 13 heavy (non-hydrogen) atoms. The third-order valence-corrected chi connectivity index (χ3v) is 1.70. The number of unbranched alkanes of at least 4 members (excludes halogenated alkanes) is 1. The van der Waals surface area contributed by atoms with Crippen LogP contribution in [0.2, 0.25) is 0 Å². The monoisotopic (exact) mass is 192 g/mol. The molecule has 1 heterocycles. The van der Waals surface area contributed by atoms with Crippen LogP contribution >= 0.6 is 0 Å². The summed E-state index contributed by atoms with van der Waals surface area (Å²) in [5, 5.41) is 0. The second kappa shape index (κ2) is 9.97. The zero-order valence-corrected chi connectivity index (χ0v) is 9.82. The van der Waals surface area contributed by atoms with Crippen LogP contribution in [-0.2, 0) is 4.74 Å². The molecule has 1 aliphatic rings. The van der Waals surface area contributed by atoms with E-state index in [-0.39, 0.29) is 0 Å². The first-order valence-corrected chi connectivity index (χ1v) is 5.53. The molecule has 0 aromatic carbocycles. The summed E-state index contributed by atoms with van der Waals surface area (Å²) < 4.78 is 17.7. The van der Waals surface area contributed by atoms with Crippen molar-refractivity contribution >= 4 is 0 Å². The third-order valence-electron chi connectivity index (χ3n) is 1.70. The molecule has 0 aliphatic carbocycles. The topological polar surface area (TPSA) is 9.23 Å². The van der Waals surface area contributed by atoms with Crippen molar-refractivity contribution in [1.82, 2.24) is 0 Å². The van der Waals surface area contributed by atoms with Crippen molar-refractivity contribution in [3.8, 4) is 0 Å². The Kier molecular flexibility index (Phi) is 11.8. The molecule has 1 nitrogen and oxygen atoms in total. The maximum atomic E-state index is 13.0. The van der Waals surface area contributed by atoms with Gasteiger partial charge < -0.3 is 4.74 Å². The summed E-state index contributed by atoms with van der Waals surface area (Å²) in [4.78, 5) is 0. The molecule has 0 unspecified atom stereocenters. The number of hydrogen-bond donors (Lipinski definition) is 0. The minimum atomic E-state index is -0.948. The minimum absolute atomic E-state index is 0.326. The fraction of sp³-hybridized carbons (Fsp3) is 1.00. The fourth-order valence-corrected chi connectivity index (χ4v) is 0.961. The fourth-order valence-electron chi connectivity index (χ4n) is 0.961. The van der Waals surface area contributed by atoms with E-state index >= 15 is 0 Å². The summed E-state index contributed by atoms with van der Waals surface area (Å²) in [6, 6.07) is 0. The van der Waals surface area contributed by atoms with E-state index in [4.69, 9.17) is 4.74 Å². The van der Waals surface area contributed by atoms with E-state index in [1.54, 1.807) is 0 Å². The lowest BCUT2D eigenvalue weighted by Gasteiger charge is -2.33. The van der Waals surface area contributed by atoms with Crippen LogP contribution in [0.1, 0.15) is 53.9 Å². The third kappa shape index (κ3) is 7.00. The summed E-state index contributed by atoms with van der Waals surface area (Å²) in [6.07, 6.45) is 2.75. The van der Waals surface area contributed by atoms with E-state index in [0.29, 0.717) is 19.6 Å². The Morgan fingerprint density at radius 2 is 1.62 bits per heavy atom. The van der Waals surface area contributed by atoms with Crippen molar-refractivity contribution in [2.75, 3.05) is 13.2 Å². The molecule has 1 aliphatic heterocycles. The number of hydrogen-bond acceptors (Lipinski definition) is 1. The van der Waals surface area contributed by atoms with E-state index in [2.05, 4.69) is 6.92 Å². The minimum Gasteiger partial charge on any atom is -0.375 e. The van der Waals surface area contributed by atoms with E-state index in [9.17, 15) is 4.39 Å². The highest BCUT2D eigenvalue weighted by Gasteiger charge is 2.37. The van der Waals surface area contributed by atoms with Gasteiger partial charge in [0.05, 0.1) is 13.2 Å². The smallest absolute Gasteiger partial charge is 0.157 e. The molecule has 0 aromatic heterocycles. The van der Waals surface area contributed by atoms with Crippen LogP contribution in [0.25, 0.3) is 0 Å². The van der Waals surface area contributed by atoms with Crippen molar-refractivity contribution in [2.24, 2.45) is 0 Å². The van der Waals surface area contributed by atoms with Crippen molar-refractivity contribution in [3.63, 3.8) is 0 Å². The van der Waals surface area contributed by atoms with Crippen LogP contribution in [0.15, 0.2) is 0 Å². The maximum absolute atomic E-state index is 13.0. The van der Waals surface area contributed by atoms with Gasteiger partial charge in [-0.15, -0.1) is 0 Å². The van der Waals surface area contributed by atoms with Gasteiger partial charge in [0.15, 0.2) is 5.67 Å². The van der Waals surface area contributed by atoms with Gasteiger partial charge in [-0.2, -0.15) is 0 Å². The average molecular weight is 192 g/mol. The van der Waals surface area contributed by atoms with Gasteiger partial charge in [-0.25, -0.2) is 4.39 Å². The summed E-state index contributed by atoms with van der Waals surface area (Å²) >= 11 is 0. The molecular weight excluding hydrogens is 167 g/mol. The van der Waals surface area contributed by atoms with Gasteiger partial charge in [0.1, 0.15) is 0 Å². The molecule has 0 radical (unpaired) electrons. The standard InChI is InChI=1S/C7H13FO.2C2H6/c1-2-3-4-7(8)5-9-6-7;2*1-2/h2-6H2,1H3;2*1-2H3. The lowest BCUT2D eigenvalue weighted by molar-refractivity contribution is -0.134. The Labute approximate surface area is 82.7 Å². The molecule has 0 N–H and O–H groups in total. The van der Waals surface area contributed by atoms with Gasteiger partial charge >= 0.3 is 0 Å². The highest BCUT2D eigenvalue weighted by Crippen LogP contribution is 2.27. The second-order valence-electron chi connectivity index (χ2n) is 2.75. The first-order valence-electron chi connectivity index (χ1n) is 5.53. The van der Waals surface area contributed by atoms with Gasteiger partial charge in [-0.05, 0) is 6.42 Å². The predicted octanol–water partition coefficient (Wildman–Crippen LogP) is 3.97. The lowest BCUT2D eigenvalue weighted by Crippen LogP contribution is -2.45. The van der Waals surface area contributed by atoms with Gasteiger partial charge in [-0.3, -0.25) is 0 Å². The summed E-state index contributed by atoms with van der Waals surface area (Å²) in [5.74, 6) is 0. The first kappa shape index (κ1) is 15.4. The molecule has 0 spiro atoms. The van der Waals surface area contributed by atoms with Crippen LogP contribution in [0.4, 0.5) is 4.39 Å². The number of halogens is 1. The summed E-state index contributed by atoms with van der Waals surface area (Å²) in [6.45, 7) is 10.7. The Hall–Kier alpha value is -0.110. The highest BCUT2D eigenvalue weighted by atomic mass is 19.1. The molecule has 2 heteroatoms. The number of rotatable bonds is 3. The van der Waals surface area contributed by atoms with Crippen molar-refractivity contribution in [1.29, 1.82) is 0 Å². The normalized spacial score (nSPS) is 17.1. The van der Waals surface area contributed by atoms with E-state index < -0.39 is 5.67 Å². The molecule has 82 valence electrons. The number of ether oxygens (including phenoxy) is 1. The van der Waals surface area contributed by atoms with Crippen LogP contribution in [-0.4, -0.2) is 18.9 Å². The Morgan fingerprint density at radius 1 is 1.15 bits per heavy atom.